The minimum Gasteiger partial charge on any atom is -0.444 e. The molecule has 0 aliphatic carbocycles. The van der Waals surface area contributed by atoms with Crippen LogP contribution in [0.2, 0.25) is 0 Å². The predicted octanol–water partition coefficient (Wildman–Crippen LogP) is 3.80. The summed E-state index contributed by atoms with van der Waals surface area (Å²) in [5, 5.41) is 6.05. The number of carbonyl (C=O) groups excluding carboxylic acids is 1. The van der Waals surface area contributed by atoms with Gasteiger partial charge in [-0.05, 0) is 65.8 Å². The van der Waals surface area contributed by atoms with Crippen LogP contribution in [-0.2, 0) is 10.3 Å². The van der Waals surface area contributed by atoms with Crippen LogP contribution in [-0.4, -0.2) is 18.7 Å². The highest BCUT2D eigenvalue weighted by atomic mass is 16.6. The third-order valence-electron chi connectivity index (χ3n) is 3.21. The fourth-order valence-corrected chi connectivity index (χ4v) is 1.75. The van der Waals surface area contributed by atoms with Gasteiger partial charge in [-0.15, -0.1) is 0 Å². The molecule has 0 atom stereocenters. The fraction of sp³-hybridized carbons (Fsp3) is 0.562. The molecule has 0 heterocycles. The first-order valence-electron chi connectivity index (χ1n) is 6.85. The normalized spacial score (nSPS) is 12.2. The zero-order valence-corrected chi connectivity index (χ0v) is 13.5. The van der Waals surface area contributed by atoms with Gasteiger partial charge in [0.25, 0.3) is 0 Å². The van der Waals surface area contributed by atoms with Gasteiger partial charge < -0.3 is 10.1 Å². The van der Waals surface area contributed by atoms with Crippen LogP contribution in [0, 0.1) is 6.92 Å². The molecule has 0 bridgehead atoms. The van der Waals surface area contributed by atoms with Gasteiger partial charge in [-0.25, -0.2) is 4.79 Å². The third kappa shape index (κ3) is 4.53. The van der Waals surface area contributed by atoms with E-state index in [2.05, 4.69) is 30.5 Å². The van der Waals surface area contributed by atoms with E-state index >= 15 is 0 Å². The molecular weight excluding hydrogens is 252 g/mol. The molecule has 1 aromatic rings. The summed E-state index contributed by atoms with van der Waals surface area (Å²) < 4.78 is 5.25. The van der Waals surface area contributed by atoms with Crippen LogP contribution < -0.4 is 10.6 Å². The van der Waals surface area contributed by atoms with Gasteiger partial charge in [0.2, 0.25) is 0 Å². The molecule has 0 aliphatic rings. The van der Waals surface area contributed by atoms with Crippen LogP contribution in [0.25, 0.3) is 0 Å². The second-order valence-corrected chi connectivity index (χ2v) is 6.53. The lowest BCUT2D eigenvalue weighted by Crippen LogP contribution is -2.33. The molecule has 0 aromatic heterocycles. The molecule has 1 aromatic carbocycles. The average molecular weight is 278 g/mol. The molecule has 4 heteroatoms. The van der Waals surface area contributed by atoms with E-state index in [0.717, 1.165) is 11.3 Å². The van der Waals surface area contributed by atoms with Crippen LogP contribution >= 0.6 is 0 Å². The zero-order chi connectivity index (χ0) is 15.6. The second kappa shape index (κ2) is 5.83. The summed E-state index contributed by atoms with van der Waals surface area (Å²) in [7, 11) is 1.93. The number of carbonyl (C=O) groups is 1. The summed E-state index contributed by atoms with van der Waals surface area (Å²) in [5.74, 6) is 0. The Balaban J connectivity index is 2.87. The zero-order valence-electron chi connectivity index (χ0n) is 13.5. The highest BCUT2D eigenvalue weighted by Crippen LogP contribution is 2.25. The summed E-state index contributed by atoms with van der Waals surface area (Å²) in [6.07, 6.45) is -0.429. The highest BCUT2D eigenvalue weighted by Gasteiger charge is 2.20. The molecular formula is C16H26N2O2. The van der Waals surface area contributed by atoms with Gasteiger partial charge in [-0.1, -0.05) is 12.1 Å². The molecule has 2 N–H and O–H groups in total. The molecule has 0 saturated carbocycles. The van der Waals surface area contributed by atoms with Crippen molar-refractivity contribution >= 4 is 11.8 Å². The molecule has 112 valence electrons. The second-order valence-electron chi connectivity index (χ2n) is 6.53. The molecule has 0 saturated heterocycles. The molecule has 1 rings (SSSR count). The maximum absolute atomic E-state index is 11.8. The number of aryl methyl sites for hydroxylation is 1. The molecule has 0 spiro atoms. The van der Waals surface area contributed by atoms with Gasteiger partial charge in [0.05, 0.1) is 0 Å². The monoisotopic (exact) mass is 278 g/mol. The number of hydrogen-bond acceptors (Lipinski definition) is 3. The minimum atomic E-state index is -0.494. The van der Waals surface area contributed by atoms with E-state index in [1.807, 2.05) is 46.9 Å². The Morgan fingerprint density at radius 2 is 1.75 bits per heavy atom. The van der Waals surface area contributed by atoms with Crippen molar-refractivity contribution in [2.24, 2.45) is 0 Å². The predicted molar refractivity (Wildman–Crippen MR) is 83.1 cm³/mol. The molecule has 4 nitrogen and oxygen atoms in total. The van der Waals surface area contributed by atoms with Gasteiger partial charge in [0, 0.05) is 11.2 Å². The summed E-state index contributed by atoms with van der Waals surface area (Å²) >= 11 is 0. The maximum atomic E-state index is 11.8. The first-order valence-corrected chi connectivity index (χ1v) is 6.85. The van der Waals surface area contributed by atoms with Crippen molar-refractivity contribution in [1.82, 2.24) is 5.32 Å². The van der Waals surface area contributed by atoms with Crippen LogP contribution in [0.3, 0.4) is 0 Å². The summed E-state index contributed by atoms with van der Waals surface area (Å²) in [6.45, 7) is 11.7. The first-order chi connectivity index (χ1) is 9.05. The number of nitrogens with one attached hydrogen (secondary N) is 2. The van der Waals surface area contributed by atoms with Crippen LogP contribution in [0.15, 0.2) is 18.2 Å². The number of anilines is 1. The van der Waals surface area contributed by atoms with Gasteiger partial charge in [0.15, 0.2) is 0 Å². The van der Waals surface area contributed by atoms with E-state index in [0.29, 0.717) is 0 Å². The molecule has 0 aliphatic heterocycles. The molecule has 0 unspecified atom stereocenters. The lowest BCUT2D eigenvalue weighted by Gasteiger charge is -2.26. The molecule has 0 fully saturated rings. The van der Waals surface area contributed by atoms with E-state index in [-0.39, 0.29) is 5.54 Å². The fourth-order valence-electron chi connectivity index (χ4n) is 1.75. The minimum absolute atomic E-state index is 0.102. The third-order valence-corrected chi connectivity index (χ3v) is 3.21. The quantitative estimate of drug-likeness (QED) is 0.884. The number of rotatable bonds is 3. The maximum Gasteiger partial charge on any atom is 0.412 e. The molecule has 0 radical (unpaired) electrons. The van der Waals surface area contributed by atoms with E-state index < -0.39 is 11.7 Å². The Kier molecular flexibility index (Phi) is 4.81. The Morgan fingerprint density at radius 3 is 2.20 bits per heavy atom. The number of hydrogen-bond donors (Lipinski definition) is 2. The van der Waals surface area contributed by atoms with Crippen molar-refractivity contribution < 1.29 is 9.53 Å². The first kappa shape index (κ1) is 16.5. The van der Waals surface area contributed by atoms with E-state index in [1.165, 1.54) is 5.56 Å². The molecule has 1 amide bonds. The SMILES string of the molecule is CNC(C)(C)c1ccc(NC(=O)OC(C)(C)C)c(C)c1. The Morgan fingerprint density at radius 1 is 1.15 bits per heavy atom. The Bertz CT molecular complexity index is 488. The van der Waals surface area contributed by atoms with Crippen molar-refractivity contribution in [2.75, 3.05) is 12.4 Å². The topological polar surface area (TPSA) is 50.4 Å². The van der Waals surface area contributed by atoms with E-state index in [9.17, 15) is 4.79 Å². The van der Waals surface area contributed by atoms with Crippen LogP contribution in [0.1, 0.15) is 45.7 Å². The Labute approximate surface area is 121 Å². The van der Waals surface area contributed by atoms with Crippen LogP contribution in [0.4, 0.5) is 10.5 Å². The van der Waals surface area contributed by atoms with Crippen molar-refractivity contribution in [3.8, 4) is 0 Å². The standard InChI is InChI=1S/C16H26N2O2/c1-11-10-12(16(5,6)17-7)8-9-13(11)18-14(19)20-15(2,3)4/h8-10,17H,1-7H3,(H,18,19). The highest BCUT2D eigenvalue weighted by molar-refractivity contribution is 5.86. The van der Waals surface area contributed by atoms with Gasteiger partial charge in [-0.2, -0.15) is 0 Å². The van der Waals surface area contributed by atoms with Crippen molar-refractivity contribution in [2.45, 2.75) is 52.7 Å². The van der Waals surface area contributed by atoms with Crippen molar-refractivity contribution in [3.63, 3.8) is 0 Å². The number of amides is 1. The smallest absolute Gasteiger partial charge is 0.412 e. The van der Waals surface area contributed by atoms with Crippen molar-refractivity contribution in [3.05, 3.63) is 29.3 Å². The lowest BCUT2D eigenvalue weighted by molar-refractivity contribution is 0.0636. The number of ether oxygens (including phenoxy) is 1. The van der Waals surface area contributed by atoms with E-state index in [1.54, 1.807) is 0 Å². The summed E-state index contributed by atoms with van der Waals surface area (Å²) in [6, 6.07) is 5.99. The van der Waals surface area contributed by atoms with Gasteiger partial charge in [0.1, 0.15) is 5.60 Å². The van der Waals surface area contributed by atoms with Gasteiger partial charge in [-0.3, -0.25) is 5.32 Å². The summed E-state index contributed by atoms with van der Waals surface area (Å²) in [5.41, 5.74) is 2.36. The Hall–Kier alpha value is -1.55. The molecule has 20 heavy (non-hydrogen) atoms. The largest absolute Gasteiger partial charge is 0.444 e. The lowest BCUT2D eigenvalue weighted by atomic mass is 9.93. The van der Waals surface area contributed by atoms with Crippen molar-refractivity contribution in [1.29, 1.82) is 0 Å². The summed E-state index contributed by atoms with van der Waals surface area (Å²) in [4.78, 5) is 11.8. The van der Waals surface area contributed by atoms with E-state index in [4.69, 9.17) is 4.74 Å². The van der Waals surface area contributed by atoms with Gasteiger partial charge >= 0.3 is 6.09 Å². The average Bonchev–Trinajstić information content (AvgIpc) is 2.29. The van der Waals surface area contributed by atoms with Crippen LogP contribution in [0.5, 0.6) is 0 Å². The number of benzene rings is 1.